The molecule has 1 saturated heterocycles. The maximum absolute atomic E-state index is 13.0. The first-order valence-electron chi connectivity index (χ1n) is 11.3. The number of aromatic nitrogens is 2. The van der Waals surface area contributed by atoms with E-state index in [1.54, 1.807) is 12.1 Å². The Balaban J connectivity index is 1.56. The minimum atomic E-state index is -3.54. The lowest BCUT2D eigenvalue weighted by Crippen LogP contribution is -2.40. The van der Waals surface area contributed by atoms with Crippen molar-refractivity contribution in [2.45, 2.75) is 44.8 Å². The van der Waals surface area contributed by atoms with Gasteiger partial charge in [-0.25, -0.2) is 13.4 Å². The van der Waals surface area contributed by atoms with Crippen LogP contribution in [0.25, 0.3) is 11.0 Å². The summed E-state index contributed by atoms with van der Waals surface area (Å²) >= 11 is 0. The maximum atomic E-state index is 13.0. The molecule has 0 unspecified atom stereocenters. The third-order valence-corrected chi connectivity index (χ3v) is 7.91. The quantitative estimate of drug-likeness (QED) is 0.520. The van der Waals surface area contributed by atoms with Gasteiger partial charge in [-0.3, -0.25) is 4.90 Å². The second-order valence-electron chi connectivity index (χ2n) is 8.28. The molecule has 0 atom stereocenters. The topological polar surface area (TPSA) is 67.7 Å². The van der Waals surface area contributed by atoms with E-state index >= 15 is 0 Å². The van der Waals surface area contributed by atoms with Crippen LogP contribution < -0.4 is 0 Å². The predicted octanol–water partition coefficient (Wildman–Crippen LogP) is 3.27. The van der Waals surface area contributed by atoms with Crippen molar-refractivity contribution in [1.82, 2.24) is 18.8 Å². The minimum absolute atomic E-state index is 0.295. The van der Waals surface area contributed by atoms with Crippen molar-refractivity contribution in [3.05, 3.63) is 59.4 Å². The van der Waals surface area contributed by atoms with Gasteiger partial charge in [0.25, 0.3) is 0 Å². The summed E-state index contributed by atoms with van der Waals surface area (Å²) in [7, 11) is -1.46. The van der Waals surface area contributed by atoms with E-state index in [1.807, 2.05) is 6.07 Å². The van der Waals surface area contributed by atoms with Crippen LogP contribution in [-0.2, 0) is 40.8 Å². The molecule has 7 nitrogen and oxygen atoms in total. The van der Waals surface area contributed by atoms with E-state index in [9.17, 15) is 8.42 Å². The standard InChI is InChI=1S/C24H32N4O3S/c1-4-19-6-8-20(9-7-19)17-26(3)18-24-25-22-16-21(10-11-23(22)28(24)5-2)32(29,30)27-12-14-31-15-13-27/h6-11,16H,4-5,12-15,17-18H2,1-3H3. The lowest BCUT2D eigenvalue weighted by atomic mass is 10.1. The van der Waals surface area contributed by atoms with Crippen molar-refractivity contribution < 1.29 is 13.2 Å². The van der Waals surface area contributed by atoms with Gasteiger partial charge in [0.2, 0.25) is 10.0 Å². The maximum Gasteiger partial charge on any atom is 0.243 e. The molecule has 2 heterocycles. The zero-order chi connectivity index (χ0) is 22.7. The Kier molecular flexibility index (Phi) is 6.95. The number of imidazole rings is 1. The summed E-state index contributed by atoms with van der Waals surface area (Å²) in [5.74, 6) is 0.941. The monoisotopic (exact) mass is 456 g/mol. The fourth-order valence-electron chi connectivity index (χ4n) is 4.22. The lowest BCUT2D eigenvalue weighted by Gasteiger charge is -2.26. The molecule has 0 saturated carbocycles. The zero-order valence-electron chi connectivity index (χ0n) is 19.1. The van der Waals surface area contributed by atoms with Crippen molar-refractivity contribution in [1.29, 1.82) is 0 Å². The van der Waals surface area contributed by atoms with Gasteiger partial charge < -0.3 is 9.30 Å². The van der Waals surface area contributed by atoms with Crippen LogP contribution in [0.4, 0.5) is 0 Å². The summed E-state index contributed by atoms with van der Waals surface area (Å²) in [4.78, 5) is 7.36. The van der Waals surface area contributed by atoms with Crippen LogP contribution in [0.3, 0.4) is 0 Å². The van der Waals surface area contributed by atoms with Crippen molar-refractivity contribution >= 4 is 21.1 Å². The Morgan fingerprint density at radius 2 is 1.69 bits per heavy atom. The number of hydrogen-bond acceptors (Lipinski definition) is 5. The molecule has 1 aliphatic rings. The fraction of sp³-hybridized carbons (Fsp3) is 0.458. The van der Waals surface area contributed by atoms with Gasteiger partial charge in [-0.1, -0.05) is 31.2 Å². The number of nitrogens with zero attached hydrogens (tertiary/aromatic N) is 4. The van der Waals surface area contributed by atoms with Gasteiger partial charge in [0.15, 0.2) is 0 Å². The molecule has 1 fully saturated rings. The van der Waals surface area contributed by atoms with E-state index in [1.165, 1.54) is 15.4 Å². The van der Waals surface area contributed by atoms with Crippen LogP contribution in [0.1, 0.15) is 30.8 Å². The number of rotatable bonds is 8. The van der Waals surface area contributed by atoms with Gasteiger partial charge in [0, 0.05) is 26.2 Å². The molecule has 2 aromatic carbocycles. The molecule has 172 valence electrons. The fourth-order valence-corrected chi connectivity index (χ4v) is 5.65. The third-order valence-electron chi connectivity index (χ3n) is 6.02. The molecule has 4 rings (SSSR count). The molecule has 1 aromatic heterocycles. The Hall–Kier alpha value is -2.26. The normalized spacial score (nSPS) is 15.6. The Morgan fingerprint density at radius 1 is 1.00 bits per heavy atom. The van der Waals surface area contributed by atoms with Crippen molar-refractivity contribution in [2.75, 3.05) is 33.4 Å². The average Bonchev–Trinajstić information content (AvgIpc) is 3.16. The van der Waals surface area contributed by atoms with E-state index in [-0.39, 0.29) is 0 Å². The third kappa shape index (κ3) is 4.73. The Bertz CT molecular complexity index is 1170. The number of hydrogen-bond donors (Lipinski definition) is 0. The van der Waals surface area contributed by atoms with E-state index in [0.29, 0.717) is 37.7 Å². The first kappa shape index (κ1) is 22.9. The second-order valence-corrected chi connectivity index (χ2v) is 10.2. The summed E-state index contributed by atoms with van der Waals surface area (Å²) < 4.78 is 35.0. The molecule has 0 N–H and O–H groups in total. The first-order chi connectivity index (χ1) is 15.4. The molecule has 0 radical (unpaired) electrons. The molecule has 1 aliphatic heterocycles. The highest BCUT2D eigenvalue weighted by molar-refractivity contribution is 7.89. The van der Waals surface area contributed by atoms with E-state index in [0.717, 1.165) is 36.4 Å². The SMILES string of the molecule is CCc1ccc(CN(C)Cc2nc3cc(S(=O)(=O)N4CCOCC4)ccc3n2CC)cc1. The van der Waals surface area contributed by atoms with Gasteiger partial charge in [0.1, 0.15) is 5.82 Å². The average molecular weight is 457 g/mol. The van der Waals surface area contributed by atoms with Crippen molar-refractivity contribution in [3.8, 4) is 0 Å². The number of fused-ring (bicyclic) bond motifs is 1. The summed E-state index contributed by atoms with van der Waals surface area (Å²) in [5.41, 5.74) is 4.29. The van der Waals surface area contributed by atoms with E-state index in [2.05, 4.69) is 54.6 Å². The molecule has 32 heavy (non-hydrogen) atoms. The van der Waals surface area contributed by atoms with Crippen LogP contribution in [-0.4, -0.2) is 60.5 Å². The number of benzene rings is 2. The molecule has 0 aliphatic carbocycles. The van der Waals surface area contributed by atoms with E-state index < -0.39 is 10.0 Å². The predicted molar refractivity (Wildman–Crippen MR) is 126 cm³/mol. The molecule has 0 amide bonds. The highest BCUT2D eigenvalue weighted by atomic mass is 32.2. The van der Waals surface area contributed by atoms with Crippen LogP contribution >= 0.6 is 0 Å². The van der Waals surface area contributed by atoms with Crippen LogP contribution in [0.15, 0.2) is 47.4 Å². The minimum Gasteiger partial charge on any atom is -0.379 e. The zero-order valence-corrected chi connectivity index (χ0v) is 19.9. The molecule has 0 bridgehead atoms. The van der Waals surface area contributed by atoms with Gasteiger partial charge in [-0.15, -0.1) is 0 Å². The molecular formula is C24H32N4O3S. The smallest absolute Gasteiger partial charge is 0.243 e. The van der Waals surface area contributed by atoms with Crippen LogP contribution in [0.2, 0.25) is 0 Å². The van der Waals surface area contributed by atoms with Gasteiger partial charge in [-0.05, 0) is 49.7 Å². The van der Waals surface area contributed by atoms with Crippen LogP contribution in [0, 0.1) is 0 Å². The van der Waals surface area contributed by atoms with Crippen LogP contribution in [0.5, 0.6) is 0 Å². The summed E-state index contributed by atoms with van der Waals surface area (Å²) in [6.07, 6.45) is 1.04. The molecule has 3 aromatic rings. The summed E-state index contributed by atoms with van der Waals surface area (Å²) in [5, 5.41) is 0. The number of ether oxygens (including phenoxy) is 1. The molecular weight excluding hydrogens is 424 g/mol. The molecule has 8 heteroatoms. The highest BCUT2D eigenvalue weighted by Crippen LogP contribution is 2.24. The largest absolute Gasteiger partial charge is 0.379 e. The van der Waals surface area contributed by atoms with Gasteiger partial charge in [-0.2, -0.15) is 4.31 Å². The first-order valence-corrected chi connectivity index (χ1v) is 12.7. The summed E-state index contributed by atoms with van der Waals surface area (Å²) in [6, 6.07) is 14.0. The number of morpholine rings is 1. The highest BCUT2D eigenvalue weighted by Gasteiger charge is 2.27. The van der Waals surface area contributed by atoms with Gasteiger partial charge in [0.05, 0.1) is 35.7 Å². The second kappa shape index (κ2) is 9.70. The number of sulfonamides is 1. The Morgan fingerprint density at radius 3 is 2.34 bits per heavy atom. The number of aryl methyl sites for hydroxylation is 2. The lowest BCUT2D eigenvalue weighted by molar-refractivity contribution is 0.0730. The van der Waals surface area contributed by atoms with Crippen molar-refractivity contribution in [3.63, 3.8) is 0 Å². The van der Waals surface area contributed by atoms with E-state index in [4.69, 9.17) is 9.72 Å². The Labute approximate surface area is 190 Å². The van der Waals surface area contributed by atoms with Gasteiger partial charge >= 0.3 is 0 Å². The van der Waals surface area contributed by atoms with Crippen molar-refractivity contribution in [2.24, 2.45) is 0 Å². The summed E-state index contributed by atoms with van der Waals surface area (Å²) in [6.45, 7) is 8.18. The molecule has 0 spiro atoms.